The first-order valence-electron chi connectivity index (χ1n) is 8.69. The highest BCUT2D eigenvalue weighted by atomic mass is 19.1. The van der Waals surface area contributed by atoms with E-state index in [4.69, 9.17) is 4.74 Å². The third kappa shape index (κ3) is 3.79. The van der Waals surface area contributed by atoms with Crippen molar-refractivity contribution >= 4 is 5.91 Å². The maximum atomic E-state index is 13.9. The van der Waals surface area contributed by atoms with Crippen molar-refractivity contribution in [2.75, 3.05) is 19.7 Å². The Morgan fingerprint density at radius 2 is 2.00 bits per heavy atom. The van der Waals surface area contributed by atoms with Crippen LogP contribution in [0.1, 0.15) is 17.9 Å². The van der Waals surface area contributed by atoms with Gasteiger partial charge in [0.2, 0.25) is 0 Å². The van der Waals surface area contributed by atoms with Gasteiger partial charge in [0.25, 0.3) is 5.91 Å². The molecule has 0 radical (unpaired) electrons. The standard InChI is InChI=1S/C19H18FN5O2/c20-18-4-2-1-3-17(18)14-9-10-24(11-14)19(26)12-27-16-7-5-15(6-8-16)25-13-21-22-23-25/h1-8,13-14H,9-12H2/t14-/m0/s1. The van der Waals surface area contributed by atoms with E-state index in [9.17, 15) is 9.18 Å². The number of nitrogens with zero attached hydrogens (tertiary/aromatic N) is 5. The Morgan fingerprint density at radius 3 is 2.74 bits per heavy atom. The number of aromatic nitrogens is 4. The zero-order chi connectivity index (χ0) is 18.6. The van der Waals surface area contributed by atoms with E-state index in [1.807, 2.05) is 6.07 Å². The normalized spacial score (nSPS) is 16.5. The van der Waals surface area contributed by atoms with Gasteiger partial charge < -0.3 is 9.64 Å². The summed E-state index contributed by atoms with van der Waals surface area (Å²) in [7, 11) is 0. The fourth-order valence-corrected chi connectivity index (χ4v) is 3.26. The first-order valence-corrected chi connectivity index (χ1v) is 8.69. The topological polar surface area (TPSA) is 73.1 Å². The molecule has 0 unspecified atom stereocenters. The number of benzene rings is 2. The average molecular weight is 367 g/mol. The number of halogens is 1. The maximum absolute atomic E-state index is 13.9. The molecule has 1 atom stereocenters. The molecule has 1 saturated heterocycles. The molecule has 1 aliphatic rings. The highest BCUT2D eigenvalue weighted by Crippen LogP contribution is 2.29. The van der Waals surface area contributed by atoms with Gasteiger partial charge in [-0.25, -0.2) is 9.07 Å². The second-order valence-corrected chi connectivity index (χ2v) is 6.38. The number of tetrazole rings is 1. The summed E-state index contributed by atoms with van der Waals surface area (Å²) in [6.45, 7) is 1.08. The minimum atomic E-state index is -0.212. The zero-order valence-electron chi connectivity index (χ0n) is 14.5. The second-order valence-electron chi connectivity index (χ2n) is 6.38. The molecule has 1 aliphatic heterocycles. The first-order chi connectivity index (χ1) is 13.2. The van der Waals surface area contributed by atoms with E-state index < -0.39 is 0 Å². The molecule has 8 heteroatoms. The van der Waals surface area contributed by atoms with E-state index in [0.29, 0.717) is 24.4 Å². The molecule has 0 saturated carbocycles. The molecule has 1 aromatic heterocycles. The third-order valence-electron chi connectivity index (χ3n) is 4.70. The molecular formula is C19H18FN5O2. The van der Waals surface area contributed by atoms with Crippen molar-refractivity contribution in [3.8, 4) is 11.4 Å². The fourth-order valence-electron chi connectivity index (χ4n) is 3.26. The van der Waals surface area contributed by atoms with Crippen LogP contribution in [0.5, 0.6) is 5.75 Å². The zero-order valence-corrected chi connectivity index (χ0v) is 14.5. The van der Waals surface area contributed by atoms with Gasteiger partial charge in [-0.05, 0) is 52.7 Å². The smallest absolute Gasteiger partial charge is 0.260 e. The number of hydrogen-bond donors (Lipinski definition) is 0. The average Bonchev–Trinajstić information content (AvgIpc) is 3.39. The summed E-state index contributed by atoms with van der Waals surface area (Å²) in [5, 5.41) is 11.0. The lowest BCUT2D eigenvalue weighted by molar-refractivity contribution is -0.132. The Kier molecular flexibility index (Phi) is 4.78. The van der Waals surface area contributed by atoms with E-state index in [-0.39, 0.29) is 24.2 Å². The van der Waals surface area contributed by atoms with Gasteiger partial charge in [-0.1, -0.05) is 18.2 Å². The summed E-state index contributed by atoms with van der Waals surface area (Å²) >= 11 is 0. The summed E-state index contributed by atoms with van der Waals surface area (Å²) in [5.74, 6) is 0.310. The van der Waals surface area contributed by atoms with Crippen LogP contribution in [0.4, 0.5) is 4.39 Å². The maximum Gasteiger partial charge on any atom is 0.260 e. The minimum absolute atomic E-state index is 0.0331. The van der Waals surface area contributed by atoms with Gasteiger partial charge in [0.1, 0.15) is 17.9 Å². The van der Waals surface area contributed by atoms with Crippen LogP contribution < -0.4 is 4.74 Å². The Balaban J connectivity index is 1.32. The number of carbonyl (C=O) groups is 1. The molecular weight excluding hydrogens is 349 g/mol. The van der Waals surface area contributed by atoms with Crippen LogP contribution in [0.2, 0.25) is 0 Å². The van der Waals surface area contributed by atoms with Crippen LogP contribution in [0.3, 0.4) is 0 Å². The van der Waals surface area contributed by atoms with E-state index in [1.54, 1.807) is 41.3 Å². The van der Waals surface area contributed by atoms with E-state index in [0.717, 1.165) is 12.1 Å². The van der Waals surface area contributed by atoms with E-state index in [2.05, 4.69) is 15.5 Å². The SMILES string of the molecule is O=C(COc1ccc(-n2cnnn2)cc1)N1CC[C@H](c2ccccc2F)C1. The number of carbonyl (C=O) groups excluding carboxylic acids is 1. The van der Waals surface area contributed by atoms with E-state index in [1.165, 1.54) is 17.1 Å². The van der Waals surface area contributed by atoms with Crippen molar-refractivity contribution in [2.45, 2.75) is 12.3 Å². The van der Waals surface area contributed by atoms with Gasteiger partial charge in [0.05, 0.1) is 5.69 Å². The van der Waals surface area contributed by atoms with Crippen LogP contribution in [0, 0.1) is 5.82 Å². The summed E-state index contributed by atoms with van der Waals surface area (Å²) in [6, 6.07) is 13.9. The predicted octanol–water partition coefficient (Wildman–Crippen LogP) is 2.20. The Labute approximate surface area is 155 Å². The molecule has 0 aliphatic carbocycles. The molecule has 0 N–H and O–H groups in total. The number of hydrogen-bond acceptors (Lipinski definition) is 5. The molecule has 1 fully saturated rings. The van der Waals surface area contributed by atoms with Gasteiger partial charge >= 0.3 is 0 Å². The first kappa shape index (κ1) is 17.1. The molecule has 27 heavy (non-hydrogen) atoms. The molecule has 0 bridgehead atoms. The molecule has 3 aromatic rings. The third-order valence-corrected chi connectivity index (χ3v) is 4.70. The summed E-state index contributed by atoms with van der Waals surface area (Å²) in [6.07, 6.45) is 2.26. The van der Waals surface area contributed by atoms with E-state index >= 15 is 0 Å². The molecule has 2 aromatic carbocycles. The van der Waals surface area contributed by atoms with Gasteiger partial charge in [-0.2, -0.15) is 0 Å². The van der Waals surface area contributed by atoms with Crippen LogP contribution in [0.25, 0.3) is 5.69 Å². The molecule has 1 amide bonds. The number of amides is 1. The van der Waals surface area contributed by atoms with Crippen LogP contribution in [0.15, 0.2) is 54.9 Å². The fraction of sp³-hybridized carbons (Fsp3) is 0.263. The summed E-state index contributed by atoms with van der Waals surface area (Å²) in [5.41, 5.74) is 1.47. The van der Waals surface area contributed by atoms with Crippen molar-refractivity contribution in [1.29, 1.82) is 0 Å². The molecule has 7 nitrogen and oxygen atoms in total. The van der Waals surface area contributed by atoms with Gasteiger partial charge in [0, 0.05) is 19.0 Å². The number of ether oxygens (including phenoxy) is 1. The quantitative estimate of drug-likeness (QED) is 0.691. The number of rotatable bonds is 5. The Hall–Kier alpha value is -3.29. The van der Waals surface area contributed by atoms with Crippen molar-refractivity contribution < 1.29 is 13.9 Å². The second kappa shape index (κ2) is 7.53. The molecule has 4 rings (SSSR count). The Morgan fingerprint density at radius 1 is 1.19 bits per heavy atom. The minimum Gasteiger partial charge on any atom is -0.484 e. The number of likely N-dealkylation sites (tertiary alicyclic amines) is 1. The van der Waals surface area contributed by atoms with Crippen molar-refractivity contribution in [2.24, 2.45) is 0 Å². The predicted molar refractivity (Wildman–Crippen MR) is 95.0 cm³/mol. The molecule has 2 heterocycles. The highest BCUT2D eigenvalue weighted by molar-refractivity contribution is 5.78. The van der Waals surface area contributed by atoms with Crippen molar-refractivity contribution in [1.82, 2.24) is 25.1 Å². The van der Waals surface area contributed by atoms with Crippen LogP contribution in [-0.2, 0) is 4.79 Å². The lowest BCUT2D eigenvalue weighted by Crippen LogP contribution is -2.32. The van der Waals surface area contributed by atoms with Gasteiger partial charge in [-0.3, -0.25) is 4.79 Å². The molecule has 138 valence electrons. The van der Waals surface area contributed by atoms with Gasteiger partial charge in [-0.15, -0.1) is 5.10 Å². The van der Waals surface area contributed by atoms with Crippen LogP contribution in [-0.4, -0.2) is 50.7 Å². The Bertz CT molecular complexity index is 914. The van der Waals surface area contributed by atoms with Gasteiger partial charge in [0.15, 0.2) is 6.61 Å². The monoisotopic (exact) mass is 367 g/mol. The summed E-state index contributed by atoms with van der Waals surface area (Å²) < 4.78 is 21.1. The lowest BCUT2D eigenvalue weighted by Gasteiger charge is -2.17. The van der Waals surface area contributed by atoms with Crippen molar-refractivity contribution in [3.05, 3.63) is 66.2 Å². The highest BCUT2D eigenvalue weighted by Gasteiger charge is 2.28. The molecule has 0 spiro atoms. The summed E-state index contributed by atoms with van der Waals surface area (Å²) in [4.78, 5) is 14.1. The largest absolute Gasteiger partial charge is 0.484 e. The van der Waals surface area contributed by atoms with Crippen LogP contribution >= 0.6 is 0 Å². The van der Waals surface area contributed by atoms with Crippen molar-refractivity contribution in [3.63, 3.8) is 0 Å². The lowest BCUT2D eigenvalue weighted by atomic mass is 9.98.